The number of nitrogens with one attached hydrogen (secondary N) is 1. The Morgan fingerprint density at radius 3 is 2.53 bits per heavy atom. The topological polar surface area (TPSA) is 50.2 Å². The third-order valence-electron chi connectivity index (χ3n) is 7.82. The smallest absolute Gasteiger partial charge is 0.258 e. The van der Waals surface area contributed by atoms with Crippen LogP contribution in [0.4, 0.5) is 20.3 Å². The number of aromatic nitrogens is 2. The second kappa shape index (κ2) is 8.17. The Morgan fingerprint density at radius 1 is 1.09 bits per heavy atom. The molecule has 0 atom stereocenters. The molecular weight excluding hydrogens is 549 g/mol. The zero-order valence-electron chi connectivity index (χ0n) is 18.9. The number of nitrogens with zero attached hydrogens (tertiary/aromatic N) is 3. The molecule has 1 aliphatic heterocycles. The number of piperidine rings is 1. The molecule has 0 bridgehead atoms. The van der Waals surface area contributed by atoms with E-state index in [9.17, 15) is 13.6 Å². The number of fused-ring (bicyclic) bond motifs is 1. The van der Waals surface area contributed by atoms with E-state index in [0.29, 0.717) is 23.3 Å². The van der Waals surface area contributed by atoms with Gasteiger partial charge in [-0.25, -0.2) is 8.78 Å². The molecule has 1 amide bonds. The monoisotopic (exact) mass is 576 g/mol. The first-order valence-corrected chi connectivity index (χ1v) is 13.1. The van der Waals surface area contributed by atoms with Gasteiger partial charge < -0.3 is 10.2 Å². The molecule has 3 aromatic rings. The highest BCUT2D eigenvalue weighted by Crippen LogP contribution is 2.54. The molecule has 1 N–H and O–H groups in total. The first-order chi connectivity index (χ1) is 16.3. The number of para-hydroxylation sites is 1. The molecule has 3 fully saturated rings. The number of benzene rings is 2. The number of halogens is 3. The lowest BCUT2D eigenvalue weighted by molar-refractivity contribution is -0.114. The van der Waals surface area contributed by atoms with Gasteiger partial charge in [0.2, 0.25) is 5.92 Å². The number of amides is 1. The van der Waals surface area contributed by atoms with Crippen LogP contribution in [0.5, 0.6) is 0 Å². The van der Waals surface area contributed by atoms with Crippen LogP contribution in [0.2, 0.25) is 0 Å². The molecule has 34 heavy (non-hydrogen) atoms. The average molecular weight is 576 g/mol. The minimum absolute atomic E-state index is 0.0986. The maximum absolute atomic E-state index is 13.5. The van der Waals surface area contributed by atoms with Gasteiger partial charge in [-0.3, -0.25) is 9.48 Å². The molecule has 6 rings (SSSR count). The normalized spacial score (nSPS) is 21.0. The second-order valence-electron chi connectivity index (χ2n) is 10.3. The van der Waals surface area contributed by atoms with E-state index in [1.165, 1.54) is 25.7 Å². The molecule has 1 saturated heterocycles. The van der Waals surface area contributed by atoms with E-state index >= 15 is 0 Å². The standard InChI is InChI=1S/C26H27F2IN4O/c27-26(28)14-17(15-26)16-33-21-4-2-1-3-19(21)23(31-33)30-24(34)20-6-5-18(29)13-22(20)32-11-9-25(7-8-25)10-12-32/h1-6,13,17H,7-12,14-16H2,(H,30,31,34). The van der Waals surface area contributed by atoms with Crippen molar-refractivity contribution in [2.45, 2.75) is 51.0 Å². The molecule has 0 unspecified atom stereocenters. The summed E-state index contributed by atoms with van der Waals surface area (Å²) in [5.41, 5.74) is 3.03. The van der Waals surface area contributed by atoms with Crippen molar-refractivity contribution in [3.63, 3.8) is 0 Å². The molecule has 3 aliphatic rings. The zero-order chi connectivity index (χ0) is 23.5. The summed E-state index contributed by atoms with van der Waals surface area (Å²) in [4.78, 5) is 15.8. The number of alkyl halides is 2. The van der Waals surface area contributed by atoms with Crippen LogP contribution in [0.25, 0.3) is 10.9 Å². The molecule has 1 aromatic heterocycles. The van der Waals surface area contributed by atoms with E-state index in [4.69, 9.17) is 0 Å². The van der Waals surface area contributed by atoms with E-state index in [1.54, 1.807) is 4.68 Å². The quantitative estimate of drug-likeness (QED) is 0.362. The predicted molar refractivity (Wildman–Crippen MR) is 138 cm³/mol. The molecule has 0 radical (unpaired) electrons. The Hall–Kier alpha value is -2.23. The number of hydrogen-bond donors (Lipinski definition) is 1. The Bertz CT molecular complexity index is 1250. The largest absolute Gasteiger partial charge is 0.371 e. The average Bonchev–Trinajstić information content (AvgIpc) is 3.47. The number of carbonyl (C=O) groups is 1. The van der Waals surface area contributed by atoms with Gasteiger partial charge >= 0.3 is 0 Å². The van der Waals surface area contributed by atoms with Gasteiger partial charge in [-0.15, -0.1) is 0 Å². The molecule has 5 nitrogen and oxygen atoms in total. The van der Waals surface area contributed by atoms with E-state index in [-0.39, 0.29) is 24.7 Å². The predicted octanol–water partition coefficient (Wildman–Crippen LogP) is 6.32. The minimum atomic E-state index is -2.56. The lowest BCUT2D eigenvalue weighted by atomic mass is 9.81. The van der Waals surface area contributed by atoms with Crippen molar-refractivity contribution < 1.29 is 13.6 Å². The highest BCUT2D eigenvalue weighted by molar-refractivity contribution is 14.1. The van der Waals surface area contributed by atoms with E-state index < -0.39 is 5.92 Å². The van der Waals surface area contributed by atoms with Gasteiger partial charge in [-0.1, -0.05) is 12.1 Å². The maximum atomic E-state index is 13.5. The fourth-order valence-corrected chi connectivity index (χ4v) is 6.02. The van der Waals surface area contributed by atoms with Gasteiger partial charge in [0.25, 0.3) is 5.91 Å². The van der Waals surface area contributed by atoms with Gasteiger partial charge in [0.15, 0.2) is 5.82 Å². The van der Waals surface area contributed by atoms with Crippen molar-refractivity contribution in [1.82, 2.24) is 9.78 Å². The highest BCUT2D eigenvalue weighted by atomic mass is 127. The summed E-state index contributed by atoms with van der Waals surface area (Å²) >= 11 is 2.29. The number of rotatable bonds is 5. The summed E-state index contributed by atoms with van der Waals surface area (Å²) in [5, 5.41) is 8.48. The van der Waals surface area contributed by atoms with E-state index in [0.717, 1.165) is 33.3 Å². The lowest BCUT2D eigenvalue weighted by Crippen LogP contribution is -2.37. The van der Waals surface area contributed by atoms with E-state index in [2.05, 4.69) is 44.0 Å². The fourth-order valence-electron chi connectivity index (χ4n) is 5.55. The van der Waals surface area contributed by atoms with Gasteiger partial charge in [0.05, 0.1) is 16.8 Å². The second-order valence-corrected chi connectivity index (χ2v) is 11.5. The highest BCUT2D eigenvalue weighted by Gasteiger charge is 2.46. The van der Waals surface area contributed by atoms with Crippen molar-refractivity contribution in [2.75, 3.05) is 23.3 Å². The van der Waals surface area contributed by atoms with Gasteiger partial charge in [0, 0.05) is 41.4 Å². The molecule has 1 spiro atoms. The molecule has 2 aliphatic carbocycles. The van der Waals surface area contributed by atoms with Crippen molar-refractivity contribution >= 4 is 50.9 Å². The van der Waals surface area contributed by atoms with Crippen LogP contribution in [0, 0.1) is 14.9 Å². The number of anilines is 2. The van der Waals surface area contributed by atoms with Gasteiger partial charge in [0.1, 0.15) is 0 Å². The van der Waals surface area contributed by atoms with Crippen molar-refractivity contribution in [3.05, 3.63) is 51.6 Å². The maximum Gasteiger partial charge on any atom is 0.258 e. The van der Waals surface area contributed by atoms with Crippen molar-refractivity contribution in [3.8, 4) is 0 Å². The lowest BCUT2D eigenvalue weighted by Gasteiger charge is -2.35. The SMILES string of the molecule is O=C(Nc1nn(CC2CC(F)(F)C2)c2ccccc12)c1ccc(I)cc1N1CCC2(CC1)CC2. The first-order valence-electron chi connectivity index (χ1n) is 12.0. The van der Waals surface area contributed by atoms with Crippen LogP contribution in [-0.2, 0) is 6.54 Å². The molecule has 2 saturated carbocycles. The zero-order valence-corrected chi connectivity index (χ0v) is 21.0. The summed E-state index contributed by atoms with van der Waals surface area (Å²) in [5.74, 6) is -2.37. The number of carbonyl (C=O) groups excluding carboxylic acids is 1. The van der Waals surface area contributed by atoms with Crippen LogP contribution < -0.4 is 10.2 Å². The first kappa shape index (κ1) is 22.2. The summed E-state index contributed by atoms with van der Waals surface area (Å²) in [6.07, 6.45) is 4.85. The van der Waals surface area contributed by atoms with Crippen LogP contribution in [0.1, 0.15) is 48.9 Å². The summed E-state index contributed by atoms with van der Waals surface area (Å²) in [6.45, 7) is 2.38. The van der Waals surface area contributed by atoms with Crippen LogP contribution in [-0.4, -0.2) is 34.7 Å². The fraction of sp³-hybridized carbons (Fsp3) is 0.462. The Kier molecular flexibility index (Phi) is 5.35. The molecule has 2 heterocycles. The molecule has 178 valence electrons. The number of hydrogen-bond acceptors (Lipinski definition) is 3. The minimum Gasteiger partial charge on any atom is -0.371 e. The van der Waals surface area contributed by atoms with E-state index in [1.807, 2.05) is 36.4 Å². The molecular formula is C26H27F2IN4O. The molecule has 8 heteroatoms. The Labute approximate surface area is 211 Å². The third-order valence-corrected chi connectivity index (χ3v) is 8.49. The van der Waals surface area contributed by atoms with Gasteiger partial charge in [-0.2, -0.15) is 5.10 Å². The third kappa shape index (κ3) is 4.18. The summed E-state index contributed by atoms with van der Waals surface area (Å²) in [7, 11) is 0. The van der Waals surface area contributed by atoms with Gasteiger partial charge in [-0.05, 0) is 89.9 Å². The summed E-state index contributed by atoms with van der Waals surface area (Å²) < 4.78 is 29.6. The van der Waals surface area contributed by atoms with Crippen molar-refractivity contribution in [2.24, 2.45) is 11.3 Å². The van der Waals surface area contributed by atoms with Crippen molar-refractivity contribution in [1.29, 1.82) is 0 Å². The van der Waals surface area contributed by atoms with Crippen LogP contribution in [0.3, 0.4) is 0 Å². The van der Waals surface area contributed by atoms with Crippen LogP contribution >= 0.6 is 22.6 Å². The van der Waals surface area contributed by atoms with Crippen LogP contribution in [0.15, 0.2) is 42.5 Å². The Balaban J connectivity index is 1.26. The molecule has 2 aromatic carbocycles. The Morgan fingerprint density at radius 2 is 1.82 bits per heavy atom. The summed E-state index contributed by atoms with van der Waals surface area (Å²) in [6, 6.07) is 13.6.